The molecule has 1 aliphatic rings. The monoisotopic (exact) mass is 273 g/mol. The van der Waals surface area contributed by atoms with Gasteiger partial charge in [0.2, 0.25) is 0 Å². The molecular formula is C10H16BrN3O. The van der Waals surface area contributed by atoms with Gasteiger partial charge in [-0.15, -0.1) is 10.2 Å². The molecule has 15 heavy (non-hydrogen) atoms. The molecule has 0 spiro atoms. The van der Waals surface area contributed by atoms with Gasteiger partial charge in [-0.3, -0.25) is 0 Å². The van der Waals surface area contributed by atoms with Gasteiger partial charge in [0.25, 0.3) is 0 Å². The molecule has 4 nitrogen and oxygen atoms in total. The number of ether oxygens (including phenoxy) is 1. The molecule has 1 aliphatic heterocycles. The van der Waals surface area contributed by atoms with Crippen LogP contribution in [0.3, 0.4) is 0 Å². The highest BCUT2D eigenvalue weighted by Crippen LogP contribution is 2.31. The molecule has 5 heteroatoms. The molecule has 1 aromatic heterocycles. The van der Waals surface area contributed by atoms with Crippen LogP contribution in [0.2, 0.25) is 0 Å². The van der Waals surface area contributed by atoms with Gasteiger partial charge in [0.15, 0.2) is 0 Å². The minimum absolute atomic E-state index is 0.316. The molecule has 2 unspecified atom stereocenters. The van der Waals surface area contributed by atoms with Crippen molar-refractivity contribution in [1.82, 2.24) is 14.8 Å². The standard InChI is InChI=1S/C10H16BrN3O/c1-3-8-7(4-5-15-8)10-13-12-9(6-11)14(10)2/h7-8H,3-6H2,1-2H3. The summed E-state index contributed by atoms with van der Waals surface area (Å²) in [5.74, 6) is 2.46. The molecule has 2 rings (SSSR count). The first kappa shape index (κ1) is 11.1. The fourth-order valence-corrected chi connectivity index (χ4v) is 2.65. The lowest BCUT2D eigenvalue weighted by molar-refractivity contribution is 0.0989. The zero-order chi connectivity index (χ0) is 10.8. The van der Waals surface area contributed by atoms with Gasteiger partial charge in [0.1, 0.15) is 11.6 Å². The summed E-state index contributed by atoms with van der Waals surface area (Å²) in [7, 11) is 2.02. The zero-order valence-electron chi connectivity index (χ0n) is 9.11. The van der Waals surface area contributed by atoms with E-state index in [1.807, 2.05) is 7.05 Å². The maximum Gasteiger partial charge on any atom is 0.143 e. The summed E-state index contributed by atoms with van der Waals surface area (Å²) in [6.07, 6.45) is 2.42. The Morgan fingerprint density at radius 3 is 2.93 bits per heavy atom. The summed E-state index contributed by atoms with van der Waals surface area (Å²) in [6.45, 7) is 3.00. The Bertz CT molecular complexity index is 339. The molecule has 84 valence electrons. The van der Waals surface area contributed by atoms with E-state index in [9.17, 15) is 0 Å². The third kappa shape index (κ3) is 1.95. The topological polar surface area (TPSA) is 39.9 Å². The summed E-state index contributed by atoms with van der Waals surface area (Å²) in [4.78, 5) is 0. The zero-order valence-corrected chi connectivity index (χ0v) is 10.7. The molecule has 1 saturated heterocycles. The fourth-order valence-electron chi connectivity index (χ4n) is 2.16. The first-order valence-electron chi connectivity index (χ1n) is 5.33. The van der Waals surface area contributed by atoms with Crippen molar-refractivity contribution in [1.29, 1.82) is 0 Å². The summed E-state index contributed by atoms with van der Waals surface area (Å²) in [5, 5.41) is 9.18. The van der Waals surface area contributed by atoms with Crippen molar-refractivity contribution >= 4 is 15.9 Å². The minimum Gasteiger partial charge on any atom is -0.377 e. The lowest BCUT2D eigenvalue weighted by atomic mass is 9.99. The molecule has 0 amide bonds. The van der Waals surface area contributed by atoms with Crippen molar-refractivity contribution in [3.05, 3.63) is 11.6 Å². The highest BCUT2D eigenvalue weighted by Gasteiger charge is 2.32. The van der Waals surface area contributed by atoms with Crippen molar-refractivity contribution in [3.8, 4) is 0 Å². The second-order valence-electron chi connectivity index (χ2n) is 3.88. The third-order valence-electron chi connectivity index (χ3n) is 3.06. The van der Waals surface area contributed by atoms with Gasteiger partial charge >= 0.3 is 0 Å². The second-order valence-corrected chi connectivity index (χ2v) is 4.44. The summed E-state index contributed by atoms with van der Waals surface area (Å²) >= 11 is 3.41. The van der Waals surface area contributed by atoms with Crippen molar-refractivity contribution in [2.75, 3.05) is 6.61 Å². The molecule has 0 aromatic carbocycles. The van der Waals surface area contributed by atoms with Crippen LogP contribution in [0.15, 0.2) is 0 Å². The molecule has 2 heterocycles. The molecule has 2 atom stereocenters. The van der Waals surface area contributed by atoms with Crippen molar-refractivity contribution in [2.45, 2.75) is 37.1 Å². The van der Waals surface area contributed by atoms with Crippen LogP contribution in [0.1, 0.15) is 37.3 Å². The lowest BCUT2D eigenvalue weighted by Crippen LogP contribution is -2.17. The average molecular weight is 274 g/mol. The smallest absolute Gasteiger partial charge is 0.143 e. The first-order valence-corrected chi connectivity index (χ1v) is 6.45. The van der Waals surface area contributed by atoms with Crippen LogP contribution in [-0.4, -0.2) is 27.5 Å². The van der Waals surface area contributed by atoms with Gasteiger partial charge in [-0.1, -0.05) is 22.9 Å². The summed E-state index contributed by atoms with van der Waals surface area (Å²) in [5.41, 5.74) is 0. The Balaban J connectivity index is 2.24. The van der Waals surface area contributed by atoms with Crippen LogP contribution in [0, 0.1) is 0 Å². The SMILES string of the molecule is CCC1OCCC1c1nnc(CBr)n1C. The van der Waals surface area contributed by atoms with E-state index >= 15 is 0 Å². The van der Waals surface area contributed by atoms with E-state index in [4.69, 9.17) is 4.74 Å². The number of hydrogen-bond donors (Lipinski definition) is 0. The fraction of sp³-hybridized carbons (Fsp3) is 0.800. The van der Waals surface area contributed by atoms with Crippen LogP contribution < -0.4 is 0 Å². The largest absolute Gasteiger partial charge is 0.377 e. The molecule has 0 radical (unpaired) electrons. The van der Waals surface area contributed by atoms with Gasteiger partial charge in [-0.25, -0.2) is 0 Å². The second kappa shape index (κ2) is 4.61. The van der Waals surface area contributed by atoms with Crippen LogP contribution in [-0.2, 0) is 17.1 Å². The van der Waals surface area contributed by atoms with Crippen LogP contribution in [0.25, 0.3) is 0 Å². The van der Waals surface area contributed by atoms with Gasteiger partial charge < -0.3 is 9.30 Å². The first-order chi connectivity index (χ1) is 7.27. The van der Waals surface area contributed by atoms with E-state index in [1.54, 1.807) is 0 Å². The third-order valence-corrected chi connectivity index (χ3v) is 3.56. The number of hydrogen-bond acceptors (Lipinski definition) is 3. The number of alkyl halides is 1. The predicted octanol–water partition coefficient (Wildman–Crippen LogP) is 1.99. The summed E-state index contributed by atoms with van der Waals surface area (Å²) < 4.78 is 7.75. The molecule has 0 N–H and O–H groups in total. The van der Waals surface area contributed by atoms with Crippen molar-refractivity contribution in [2.24, 2.45) is 7.05 Å². The van der Waals surface area contributed by atoms with E-state index in [0.29, 0.717) is 12.0 Å². The van der Waals surface area contributed by atoms with Crippen LogP contribution in [0.5, 0.6) is 0 Å². The minimum atomic E-state index is 0.316. The Morgan fingerprint density at radius 1 is 1.53 bits per heavy atom. The van der Waals surface area contributed by atoms with Gasteiger partial charge in [0.05, 0.1) is 11.4 Å². The van der Waals surface area contributed by atoms with E-state index < -0.39 is 0 Å². The molecule has 0 bridgehead atoms. The van der Waals surface area contributed by atoms with Crippen LogP contribution >= 0.6 is 15.9 Å². The van der Waals surface area contributed by atoms with Crippen molar-refractivity contribution < 1.29 is 4.74 Å². The molecular weight excluding hydrogens is 258 g/mol. The quantitative estimate of drug-likeness (QED) is 0.791. The predicted molar refractivity (Wildman–Crippen MR) is 61.0 cm³/mol. The maximum atomic E-state index is 5.67. The highest BCUT2D eigenvalue weighted by molar-refractivity contribution is 9.08. The average Bonchev–Trinajstić information content (AvgIpc) is 2.83. The Morgan fingerprint density at radius 2 is 2.33 bits per heavy atom. The maximum absolute atomic E-state index is 5.67. The van der Waals surface area contributed by atoms with E-state index in [0.717, 1.165) is 36.4 Å². The lowest BCUT2D eigenvalue weighted by Gasteiger charge is -2.15. The Labute approximate surface area is 98.2 Å². The van der Waals surface area contributed by atoms with Gasteiger partial charge in [-0.05, 0) is 12.8 Å². The van der Waals surface area contributed by atoms with E-state index in [2.05, 4.69) is 37.6 Å². The van der Waals surface area contributed by atoms with E-state index in [-0.39, 0.29) is 0 Å². The van der Waals surface area contributed by atoms with Gasteiger partial charge in [0, 0.05) is 19.6 Å². The molecule has 1 aromatic rings. The Hall–Kier alpha value is -0.420. The van der Waals surface area contributed by atoms with Crippen LogP contribution in [0.4, 0.5) is 0 Å². The number of rotatable bonds is 3. The number of aromatic nitrogens is 3. The summed E-state index contributed by atoms with van der Waals surface area (Å²) in [6, 6.07) is 0. The molecule has 0 aliphatic carbocycles. The number of nitrogens with zero attached hydrogens (tertiary/aromatic N) is 3. The van der Waals surface area contributed by atoms with Crippen molar-refractivity contribution in [3.63, 3.8) is 0 Å². The molecule has 0 saturated carbocycles. The number of halogens is 1. The molecule has 1 fully saturated rings. The highest BCUT2D eigenvalue weighted by atomic mass is 79.9. The van der Waals surface area contributed by atoms with E-state index in [1.165, 1.54) is 0 Å². The Kier molecular flexibility index (Phi) is 3.41. The van der Waals surface area contributed by atoms with Gasteiger partial charge in [-0.2, -0.15) is 0 Å². The normalized spacial score (nSPS) is 26.1.